The molecular weight excluding hydrogens is 210 g/mol. The highest BCUT2D eigenvalue weighted by Gasteiger charge is 2.48. The second kappa shape index (κ2) is 4.82. The standard InChI is InChI=1S/C11H19NO4/c1-8(2)12(9(3)13)11(10(14)15)5-4-6-16-7-11/h8H,4-7H2,1-3H3,(H,14,15). The molecule has 1 amide bonds. The molecule has 92 valence electrons. The van der Waals surface area contributed by atoms with Gasteiger partial charge in [0.1, 0.15) is 0 Å². The Bertz CT molecular complexity index is 282. The molecule has 5 heteroatoms. The second-order valence-corrected chi connectivity index (χ2v) is 4.48. The van der Waals surface area contributed by atoms with Crippen molar-refractivity contribution in [3.05, 3.63) is 0 Å². The highest BCUT2D eigenvalue weighted by molar-refractivity contribution is 5.86. The first-order valence-corrected chi connectivity index (χ1v) is 5.53. The molecular formula is C11H19NO4. The summed E-state index contributed by atoms with van der Waals surface area (Å²) >= 11 is 0. The van der Waals surface area contributed by atoms with E-state index in [9.17, 15) is 14.7 Å². The first-order chi connectivity index (χ1) is 7.42. The first kappa shape index (κ1) is 13.0. The van der Waals surface area contributed by atoms with Gasteiger partial charge in [-0.25, -0.2) is 4.79 Å². The molecule has 1 heterocycles. The van der Waals surface area contributed by atoms with E-state index in [-0.39, 0.29) is 18.6 Å². The highest BCUT2D eigenvalue weighted by Crippen LogP contribution is 2.28. The molecule has 1 N–H and O–H groups in total. The third-order valence-corrected chi connectivity index (χ3v) is 2.93. The molecule has 0 bridgehead atoms. The number of carbonyl (C=O) groups is 2. The summed E-state index contributed by atoms with van der Waals surface area (Å²) in [6, 6.07) is -0.143. The summed E-state index contributed by atoms with van der Waals surface area (Å²) in [4.78, 5) is 24.5. The Morgan fingerprint density at radius 2 is 2.06 bits per heavy atom. The van der Waals surface area contributed by atoms with E-state index in [0.29, 0.717) is 19.4 Å². The van der Waals surface area contributed by atoms with Gasteiger partial charge in [0, 0.05) is 19.6 Å². The molecule has 0 aromatic rings. The van der Waals surface area contributed by atoms with Gasteiger partial charge < -0.3 is 14.7 Å². The third kappa shape index (κ3) is 2.19. The van der Waals surface area contributed by atoms with E-state index in [1.54, 1.807) is 0 Å². The average molecular weight is 229 g/mol. The van der Waals surface area contributed by atoms with Gasteiger partial charge in [-0.2, -0.15) is 0 Å². The van der Waals surface area contributed by atoms with Gasteiger partial charge >= 0.3 is 5.97 Å². The van der Waals surface area contributed by atoms with Crippen LogP contribution < -0.4 is 0 Å². The Kier molecular flexibility index (Phi) is 3.91. The van der Waals surface area contributed by atoms with E-state index in [4.69, 9.17) is 4.74 Å². The zero-order chi connectivity index (χ0) is 12.3. The summed E-state index contributed by atoms with van der Waals surface area (Å²) in [5.41, 5.74) is -1.18. The van der Waals surface area contributed by atoms with Crippen molar-refractivity contribution in [2.45, 2.75) is 45.2 Å². The molecule has 1 aliphatic rings. The van der Waals surface area contributed by atoms with Crippen molar-refractivity contribution < 1.29 is 19.4 Å². The van der Waals surface area contributed by atoms with E-state index in [1.165, 1.54) is 11.8 Å². The number of ether oxygens (including phenoxy) is 1. The number of rotatable bonds is 3. The Morgan fingerprint density at radius 3 is 2.38 bits per heavy atom. The molecule has 1 aliphatic heterocycles. The van der Waals surface area contributed by atoms with E-state index in [2.05, 4.69) is 0 Å². The maximum absolute atomic E-state index is 11.6. The van der Waals surface area contributed by atoms with Crippen LogP contribution in [-0.2, 0) is 14.3 Å². The van der Waals surface area contributed by atoms with Gasteiger partial charge in [-0.3, -0.25) is 4.79 Å². The summed E-state index contributed by atoms with van der Waals surface area (Å²) in [5.74, 6) is -1.20. The fourth-order valence-electron chi connectivity index (χ4n) is 2.40. The lowest BCUT2D eigenvalue weighted by Crippen LogP contribution is -2.63. The molecule has 0 saturated carbocycles. The van der Waals surface area contributed by atoms with Gasteiger partial charge in [0.25, 0.3) is 0 Å². The van der Waals surface area contributed by atoms with E-state index < -0.39 is 11.5 Å². The minimum absolute atomic E-state index is 0.0834. The van der Waals surface area contributed by atoms with E-state index in [1.807, 2.05) is 13.8 Å². The predicted octanol–water partition coefficient (Wildman–Crippen LogP) is 0.877. The first-order valence-electron chi connectivity index (χ1n) is 5.53. The number of carbonyl (C=O) groups excluding carboxylic acids is 1. The number of carboxylic acids is 1. The molecule has 0 spiro atoms. The van der Waals surface area contributed by atoms with Gasteiger partial charge in [0.05, 0.1) is 6.61 Å². The molecule has 5 nitrogen and oxygen atoms in total. The SMILES string of the molecule is CC(=O)N(C(C)C)C1(C(=O)O)CCCOC1. The monoisotopic (exact) mass is 229 g/mol. The molecule has 1 saturated heterocycles. The lowest BCUT2D eigenvalue weighted by Gasteiger charge is -2.44. The largest absolute Gasteiger partial charge is 0.479 e. The zero-order valence-electron chi connectivity index (χ0n) is 10.0. The summed E-state index contributed by atoms with van der Waals surface area (Å²) in [6.45, 7) is 5.69. The van der Waals surface area contributed by atoms with Crippen molar-refractivity contribution >= 4 is 11.9 Å². The molecule has 1 atom stereocenters. The van der Waals surface area contributed by atoms with Crippen LogP contribution >= 0.6 is 0 Å². The quantitative estimate of drug-likeness (QED) is 0.780. The van der Waals surface area contributed by atoms with Crippen molar-refractivity contribution in [3.63, 3.8) is 0 Å². The molecule has 0 aliphatic carbocycles. The Hall–Kier alpha value is -1.10. The number of aliphatic carboxylic acids is 1. The summed E-state index contributed by atoms with van der Waals surface area (Å²) < 4.78 is 5.25. The number of nitrogens with zero attached hydrogens (tertiary/aromatic N) is 1. The summed E-state index contributed by atoms with van der Waals surface area (Å²) in [5, 5.41) is 9.38. The fourth-order valence-corrected chi connectivity index (χ4v) is 2.40. The topological polar surface area (TPSA) is 66.8 Å². The fraction of sp³-hybridized carbons (Fsp3) is 0.818. The van der Waals surface area contributed by atoms with Crippen LogP contribution in [0.1, 0.15) is 33.6 Å². The lowest BCUT2D eigenvalue weighted by molar-refractivity contribution is -0.171. The van der Waals surface area contributed by atoms with Gasteiger partial charge in [0.2, 0.25) is 5.91 Å². The number of hydrogen-bond donors (Lipinski definition) is 1. The van der Waals surface area contributed by atoms with Crippen molar-refractivity contribution in [1.29, 1.82) is 0 Å². The second-order valence-electron chi connectivity index (χ2n) is 4.48. The molecule has 1 unspecified atom stereocenters. The van der Waals surface area contributed by atoms with Gasteiger partial charge in [-0.05, 0) is 26.7 Å². The van der Waals surface area contributed by atoms with Crippen molar-refractivity contribution in [1.82, 2.24) is 4.90 Å². The molecule has 16 heavy (non-hydrogen) atoms. The van der Waals surface area contributed by atoms with E-state index in [0.717, 1.165) is 0 Å². The lowest BCUT2D eigenvalue weighted by atomic mass is 9.89. The van der Waals surface area contributed by atoms with Crippen LogP contribution in [0, 0.1) is 0 Å². The van der Waals surface area contributed by atoms with Crippen LogP contribution in [-0.4, -0.2) is 46.7 Å². The third-order valence-electron chi connectivity index (χ3n) is 2.93. The van der Waals surface area contributed by atoms with Gasteiger partial charge in [-0.15, -0.1) is 0 Å². The van der Waals surface area contributed by atoms with Crippen molar-refractivity contribution in [2.24, 2.45) is 0 Å². The van der Waals surface area contributed by atoms with Gasteiger partial charge in [-0.1, -0.05) is 0 Å². The predicted molar refractivity (Wildman–Crippen MR) is 58.1 cm³/mol. The maximum atomic E-state index is 11.6. The Balaban J connectivity index is 3.07. The molecule has 0 aromatic heterocycles. The average Bonchev–Trinajstić information content (AvgIpc) is 2.17. The summed E-state index contributed by atoms with van der Waals surface area (Å²) in [6.07, 6.45) is 1.13. The van der Waals surface area contributed by atoms with Crippen LogP contribution in [0.4, 0.5) is 0 Å². The normalized spacial score (nSPS) is 25.5. The van der Waals surface area contributed by atoms with Crippen LogP contribution in [0.25, 0.3) is 0 Å². The molecule has 1 rings (SSSR count). The summed E-state index contributed by atoms with van der Waals surface area (Å²) in [7, 11) is 0. The van der Waals surface area contributed by atoms with Crippen molar-refractivity contribution in [2.75, 3.05) is 13.2 Å². The number of hydrogen-bond acceptors (Lipinski definition) is 3. The minimum atomic E-state index is -1.18. The van der Waals surface area contributed by atoms with E-state index >= 15 is 0 Å². The maximum Gasteiger partial charge on any atom is 0.332 e. The van der Waals surface area contributed by atoms with Crippen LogP contribution in [0.3, 0.4) is 0 Å². The van der Waals surface area contributed by atoms with Crippen LogP contribution in [0.5, 0.6) is 0 Å². The Labute approximate surface area is 95.4 Å². The minimum Gasteiger partial charge on any atom is -0.479 e. The smallest absolute Gasteiger partial charge is 0.332 e. The molecule has 0 radical (unpaired) electrons. The molecule has 0 aromatic carbocycles. The van der Waals surface area contributed by atoms with Crippen LogP contribution in [0.15, 0.2) is 0 Å². The van der Waals surface area contributed by atoms with Crippen LogP contribution in [0.2, 0.25) is 0 Å². The number of carboxylic acid groups (broad SMARTS) is 1. The zero-order valence-corrected chi connectivity index (χ0v) is 10.0. The Morgan fingerprint density at radius 1 is 1.44 bits per heavy atom. The van der Waals surface area contributed by atoms with Crippen molar-refractivity contribution in [3.8, 4) is 0 Å². The molecule has 1 fully saturated rings. The number of amides is 1. The van der Waals surface area contributed by atoms with Gasteiger partial charge in [0.15, 0.2) is 5.54 Å². The highest BCUT2D eigenvalue weighted by atomic mass is 16.5.